The van der Waals surface area contributed by atoms with Crippen LogP contribution in [0.15, 0.2) is 16.6 Å². The Morgan fingerprint density at radius 2 is 1.89 bits per heavy atom. The molecule has 2 nitrogen and oxygen atoms in total. The van der Waals surface area contributed by atoms with E-state index in [-0.39, 0.29) is 4.47 Å². The summed E-state index contributed by atoms with van der Waals surface area (Å²) in [4.78, 5) is 11.6. The summed E-state index contributed by atoms with van der Waals surface area (Å²) in [6.45, 7) is 0. The molecule has 0 spiro atoms. The van der Waals surface area contributed by atoms with Crippen LogP contribution in [0.3, 0.4) is 0 Å². The maximum absolute atomic E-state index is 13.4. The maximum Gasteiger partial charge on any atom is 0.254 e. The van der Waals surface area contributed by atoms with Gasteiger partial charge in [0, 0.05) is 18.9 Å². The molecule has 1 aliphatic carbocycles. The van der Waals surface area contributed by atoms with E-state index in [4.69, 9.17) is 0 Å². The summed E-state index contributed by atoms with van der Waals surface area (Å²) in [6.07, 6.45) is -0.946. The number of carbonyl (C=O) groups excluding carboxylic acids is 1. The second kappa shape index (κ2) is 4.53. The van der Waals surface area contributed by atoms with Crippen molar-refractivity contribution in [1.29, 1.82) is 0 Å². The van der Waals surface area contributed by atoms with E-state index in [0.717, 1.165) is 6.07 Å². The van der Waals surface area contributed by atoms with Crippen LogP contribution in [-0.4, -0.2) is 17.9 Å². The van der Waals surface area contributed by atoms with Crippen LogP contribution in [0.1, 0.15) is 23.2 Å². The molecule has 1 aromatic carbocycles. The van der Waals surface area contributed by atoms with Crippen molar-refractivity contribution in [2.75, 3.05) is 0 Å². The standard InChI is InChI=1S/C11H8BrF4NO/c12-7-2-1-6(8(13)9(7)14)10(18)17-5-3-11(15,16)4-5/h1-2,5H,3-4H2,(H,17,18). The molecule has 0 bridgehead atoms. The molecule has 0 radical (unpaired) electrons. The molecule has 98 valence electrons. The molecule has 1 fully saturated rings. The lowest BCUT2D eigenvalue weighted by Crippen LogP contribution is -2.50. The van der Waals surface area contributed by atoms with Crippen molar-refractivity contribution < 1.29 is 22.4 Å². The van der Waals surface area contributed by atoms with Crippen LogP contribution in [0, 0.1) is 11.6 Å². The third-order valence-corrected chi connectivity index (χ3v) is 3.32. The number of halogens is 5. The van der Waals surface area contributed by atoms with Crippen LogP contribution in [0.2, 0.25) is 0 Å². The van der Waals surface area contributed by atoms with Gasteiger partial charge in [-0.15, -0.1) is 0 Å². The van der Waals surface area contributed by atoms with Crippen molar-refractivity contribution in [3.8, 4) is 0 Å². The average molecular weight is 326 g/mol. The molecule has 0 atom stereocenters. The van der Waals surface area contributed by atoms with Gasteiger partial charge in [-0.1, -0.05) is 0 Å². The number of carbonyl (C=O) groups is 1. The van der Waals surface area contributed by atoms with Gasteiger partial charge in [-0.3, -0.25) is 4.79 Å². The molecule has 0 aliphatic heterocycles. The lowest BCUT2D eigenvalue weighted by atomic mass is 9.88. The highest BCUT2D eigenvalue weighted by Crippen LogP contribution is 2.37. The zero-order valence-corrected chi connectivity index (χ0v) is 10.5. The molecule has 1 aromatic rings. The molecular weight excluding hydrogens is 318 g/mol. The molecule has 7 heteroatoms. The van der Waals surface area contributed by atoms with Crippen molar-refractivity contribution >= 4 is 21.8 Å². The molecule has 0 unspecified atom stereocenters. The fraction of sp³-hybridized carbons (Fsp3) is 0.364. The molecule has 1 saturated carbocycles. The summed E-state index contributed by atoms with van der Waals surface area (Å²) in [5, 5.41) is 2.23. The lowest BCUT2D eigenvalue weighted by molar-refractivity contribution is -0.0901. The van der Waals surface area contributed by atoms with E-state index in [1.54, 1.807) is 0 Å². The van der Waals surface area contributed by atoms with Crippen LogP contribution in [-0.2, 0) is 0 Å². The normalized spacial score (nSPS) is 18.3. The van der Waals surface area contributed by atoms with Gasteiger partial charge in [0.1, 0.15) is 0 Å². The minimum Gasteiger partial charge on any atom is -0.349 e. The number of amides is 1. The van der Waals surface area contributed by atoms with Gasteiger partial charge in [0.15, 0.2) is 11.6 Å². The topological polar surface area (TPSA) is 29.1 Å². The van der Waals surface area contributed by atoms with E-state index in [1.165, 1.54) is 6.07 Å². The minimum absolute atomic E-state index is 0.105. The van der Waals surface area contributed by atoms with Crippen LogP contribution in [0.4, 0.5) is 17.6 Å². The average Bonchev–Trinajstić information content (AvgIpc) is 2.23. The summed E-state index contributed by atoms with van der Waals surface area (Å²) >= 11 is 2.77. The first-order valence-corrected chi connectivity index (χ1v) is 5.91. The van der Waals surface area contributed by atoms with Crippen molar-refractivity contribution in [2.45, 2.75) is 24.8 Å². The Labute approximate surface area is 108 Å². The number of alkyl halides is 2. The van der Waals surface area contributed by atoms with E-state index >= 15 is 0 Å². The van der Waals surface area contributed by atoms with E-state index in [2.05, 4.69) is 21.2 Å². The van der Waals surface area contributed by atoms with Crippen LogP contribution >= 0.6 is 15.9 Å². The molecule has 1 N–H and O–H groups in total. The maximum atomic E-state index is 13.4. The summed E-state index contributed by atoms with van der Waals surface area (Å²) in [6, 6.07) is 1.58. The number of rotatable bonds is 2. The van der Waals surface area contributed by atoms with E-state index < -0.39 is 47.9 Å². The first-order valence-electron chi connectivity index (χ1n) is 5.12. The third kappa shape index (κ3) is 2.50. The van der Waals surface area contributed by atoms with Gasteiger partial charge < -0.3 is 5.32 Å². The zero-order chi connectivity index (χ0) is 13.5. The highest BCUT2D eigenvalue weighted by molar-refractivity contribution is 9.10. The summed E-state index contributed by atoms with van der Waals surface area (Å²) < 4.78 is 51.6. The van der Waals surface area contributed by atoms with Crippen molar-refractivity contribution in [3.63, 3.8) is 0 Å². The second-order valence-corrected chi connectivity index (χ2v) is 5.01. The van der Waals surface area contributed by atoms with Gasteiger partial charge >= 0.3 is 0 Å². The zero-order valence-electron chi connectivity index (χ0n) is 8.94. The van der Waals surface area contributed by atoms with Crippen molar-refractivity contribution in [3.05, 3.63) is 33.8 Å². The number of hydrogen-bond acceptors (Lipinski definition) is 1. The molecule has 18 heavy (non-hydrogen) atoms. The Kier molecular flexibility index (Phi) is 3.35. The van der Waals surface area contributed by atoms with E-state index in [0.29, 0.717) is 0 Å². The predicted octanol–water partition coefficient (Wildman–Crippen LogP) is 3.25. The smallest absolute Gasteiger partial charge is 0.254 e. The Hall–Kier alpha value is -1.11. The Morgan fingerprint density at radius 1 is 1.28 bits per heavy atom. The van der Waals surface area contributed by atoms with Crippen LogP contribution in [0.25, 0.3) is 0 Å². The fourth-order valence-corrected chi connectivity index (χ4v) is 2.03. The van der Waals surface area contributed by atoms with Gasteiger partial charge in [0.2, 0.25) is 0 Å². The SMILES string of the molecule is O=C(NC1CC(F)(F)C1)c1ccc(Br)c(F)c1F. The summed E-state index contributed by atoms with van der Waals surface area (Å²) in [5.74, 6) is -6.14. The van der Waals surface area contributed by atoms with Crippen molar-refractivity contribution in [2.24, 2.45) is 0 Å². The predicted molar refractivity (Wildman–Crippen MR) is 59.5 cm³/mol. The molecule has 0 aromatic heterocycles. The molecule has 2 rings (SSSR count). The highest BCUT2D eigenvalue weighted by Gasteiger charge is 2.46. The van der Waals surface area contributed by atoms with Gasteiger partial charge in [0.05, 0.1) is 10.0 Å². The van der Waals surface area contributed by atoms with Crippen LogP contribution < -0.4 is 5.32 Å². The number of benzene rings is 1. The Morgan fingerprint density at radius 3 is 2.44 bits per heavy atom. The van der Waals surface area contributed by atoms with Crippen LogP contribution in [0.5, 0.6) is 0 Å². The van der Waals surface area contributed by atoms with Gasteiger partial charge in [-0.05, 0) is 28.1 Å². The summed E-state index contributed by atoms with van der Waals surface area (Å²) in [7, 11) is 0. The second-order valence-electron chi connectivity index (χ2n) is 4.16. The largest absolute Gasteiger partial charge is 0.349 e. The molecule has 0 saturated heterocycles. The molecule has 1 amide bonds. The summed E-state index contributed by atoms with van der Waals surface area (Å²) in [5.41, 5.74) is -0.495. The Balaban J connectivity index is 2.09. The molecular formula is C11H8BrF4NO. The van der Waals surface area contributed by atoms with E-state index in [9.17, 15) is 22.4 Å². The van der Waals surface area contributed by atoms with Gasteiger partial charge in [-0.25, -0.2) is 17.6 Å². The Bertz CT molecular complexity index is 498. The molecule has 0 heterocycles. The first kappa shape index (κ1) is 13.3. The van der Waals surface area contributed by atoms with E-state index in [1.807, 2.05) is 0 Å². The lowest BCUT2D eigenvalue weighted by Gasteiger charge is -2.35. The van der Waals surface area contributed by atoms with Crippen molar-refractivity contribution in [1.82, 2.24) is 5.32 Å². The van der Waals surface area contributed by atoms with Gasteiger partial charge in [-0.2, -0.15) is 0 Å². The highest BCUT2D eigenvalue weighted by atomic mass is 79.9. The number of nitrogens with one attached hydrogen (secondary N) is 1. The first-order chi connectivity index (χ1) is 8.30. The molecule has 1 aliphatic rings. The monoisotopic (exact) mass is 325 g/mol. The third-order valence-electron chi connectivity index (χ3n) is 2.71. The fourth-order valence-electron chi connectivity index (χ4n) is 1.73. The number of hydrogen-bond donors (Lipinski definition) is 1. The van der Waals surface area contributed by atoms with Gasteiger partial charge in [0.25, 0.3) is 11.8 Å². The quantitative estimate of drug-likeness (QED) is 0.656. The minimum atomic E-state index is -2.78.